The molecule has 15 atom stereocenters. The predicted molar refractivity (Wildman–Crippen MR) is 182 cm³/mol. The first-order valence-corrected chi connectivity index (χ1v) is 19.0. The molecule has 0 bridgehead atoms. The maximum absolute atomic E-state index is 12.4. The first kappa shape index (κ1) is 47.1. The van der Waals surface area contributed by atoms with Gasteiger partial charge in [-0.15, -0.1) is 5.06 Å². The molecule has 4 rings (SSSR count). The van der Waals surface area contributed by atoms with Gasteiger partial charge < -0.3 is 89.6 Å². The summed E-state index contributed by atoms with van der Waals surface area (Å²) in [5.41, 5.74) is 0. The molecule has 0 spiro atoms. The topological polar surface area (TPSA) is 350 Å². The zero-order valence-electron chi connectivity index (χ0n) is 31.2. The molecule has 0 aromatic carbocycles. The van der Waals surface area contributed by atoms with Crippen molar-refractivity contribution in [1.29, 1.82) is 0 Å². The Bertz CT molecular complexity index is 1280. The second-order valence-corrected chi connectivity index (χ2v) is 14.2. The third kappa shape index (κ3) is 12.7. The second-order valence-electron chi connectivity index (χ2n) is 14.2. The molecule has 4 aliphatic heterocycles. The van der Waals surface area contributed by atoms with Crippen molar-refractivity contribution in [2.75, 3.05) is 33.0 Å². The van der Waals surface area contributed by atoms with Gasteiger partial charge >= 0.3 is 5.97 Å². The molecule has 0 saturated carbocycles. The highest BCUT2D eigenvalue weighted by Gasteiger charge is 2.52. The Hall–Kier alpha value is -2.56. The quantitative estimate of drug-likeness (QED) is 0.0379. The number of aliphatic hydroxyl groups is 10. The lowest BCUT2D eigenvalue weighted by Crippen LogP contribution is -2.65. The van der Waals surface area contributed by atoms with Crippen LogP contribution in [0.25, 0.3) is 0 Å². The normalized spacial score (nSPS) is 37.4. The van der Waals surface area contributed by atoms with Crippen molar-refractivity contribution in [1.82, 2.24) is 10.4 Å². The third-order valence-corrected chi connectivity index (χ3v) is 9.99. The third-order valence-electron chi connectivity index (χ3n) is 9.99. The van der Waals surface area contributed by atoms with Gasteiger partial charge in [-0.25, -0.2) is 4.79 Å². The number of carbonyl (C=O) groups excluding carboxylic acids is 4. The Balaban J connectivity index is 1.21. The molecule has 4 heterocycles. The van der Waals surface area contributed by atoms with Gasteiger partial charge in [0.1, 0.15) is 73.2 Å². The van der Waals surface area contributed by atoms with Gasteiger partial charge in [0.05, 0.1) is 26.4 Å². The van der Waals surface area contributed by atoms with Crippen molar-refractivity contribution in [3.63, 3.8) is 0 Å². The Morgan fingerprint density at radius 3 is 1.72 bits per heavy atom. The maximum atomic E-state index is 12.4. The lowest BCUT2D eigenvalue weighted by atomic mass is 9.96. The van der Waals surface area contributed by atoms with Crippen molar-refractivity contribution >= 4 is 23.7 Å². The molecule has 11 N–H and O–H groups in total. The van der Waals surface area contributed by atoms with Crippen LogP contribution in [0.1, 0.15) is 64.2 Å². The van der Waals surface area contributed by atoms with E-state index in [1.54, 1.807) is 0 Å². The van der Waals surface area contributed by atoms with Crippen LogP contribution in [0.2, 0.25) is 0 Å². The highest BCUT2D eigenvalue weighted by atomic mass is 16.8. The van der Waals surface area contributed by atoms with Gasteiger partial charge in [0.15, 0.2) is 18.9 Å². The molecule has 0 aromatic heterocycles. The van der Waals surface area contributed by atoms with Gasteiger partial charge in [0.25, 0.3) is 11.8 Å². The van der Waals surface area contributed by atoms with E-state index in [1.807, 2.05) is 0 Å². The lowest BCUT2D eigenvalue weighted by Gasteiger charge is -2.46. The standard InChI is InChI=1S/C34H56N2O21/c37-13-16-23(43)26(46)28(48)32(53-16)52-15-18-25(45)31(56-34-29(49)27(47)24(44)17(14-38)54-34)30(50)33(55-18)51-12-11-35-19(39)7-5-3-1-2-4-6-8-22(42)57-36-20(40)9-10-21(36)41/h16-18,23-34,37-38,43-50H,1-15H2,(H,35,39)/t16-,17-,18-,23-,24-,25-,26+,27+,28+,29+,30+,31+,32?,33-,34-/m1/s1. The first-order valence-electron chi connectivity index (χ1n) is 19.0. The summed E-state index contributed by atoms with van der Waals surface area (Å²) in [6.45, 7) is -2.41. The summed E-state index contributed by atoms with van der Waals surface area (Å²) < 4.78 is 33.2. The number of hydrogen-bond donors (Lipinski definition) is 11. The summed E-state index contributed by atoms with van der Waals surface area (Å²) >= 11 is 0. The fraction of sp³-hybridized carbons (Fsp3) is 0.882. The molecule has 0 aromatic rings. The molecule has 1 unspecified atom stereocenters. The van der Waals surface area contributed by atoms with Gasteiger partial charge in [0, 0.05) is 32.2 Å². The van der Waals surface area contributed by atoms with Crippen LogP contribution in [0.4, 0.5) is 0 Å². The van der Waals surface area contributed by atoms with E-state index in [0.717, 1.165) is 19.3 Å². The summed E-state index contributed by atoms with van der Waals surface area (Å²) in [4.78, 5) is 52.2. The van der Waals surface area contributed by atoms with Crippen LogP contribution in [0.5, 0.6) is 0 Å². The van der Waals surface area contributed by atoms with E-state index in [0.29, 0.717) is 24.3 Å². The largest absolute Gasteiger partial charge is 0.394 e. The second kappa shape index (κ2) is 22.7. The molecule has 0 radical (unpaired) electrons. The zero-order valence-corrected chi connectivity index (χ0v) is 31.2. The Morgan fingerprint density at radius 2 is 1.12 bits per heavy atom. The molecule has 23 heteroatoms. The minimum Gasteiger partial charge on any atom is -0.394 e. The van der Waals surface area contributed by atoms with Crippen LogP contribution < -0.4 is 5.32 Å². The maximum Gasteiger partial charge on any atom is 0.333 e. The number of nitrogens with one attached hydrogen (secondary N) is 1. The number of carbonyl (C=O) groups is 4. The summed E-state index contributed by atoms with van der Waals surface area (Å²) in [5, 5.41) is 106. The first-order chi connectivity index (χ1) is 27.2. The minimum absolute atomic E-state index is 0.0249. The van der Waals surface area contributed by atoms with E-state index < -0.39 is 130 Å². The zero-order chi connectivity index (χ0) is 41.8. The Kier molecular flexibility index (Phi) is 18.8. The number of amides is 3. The molecule has 57 heavy (non-hydrogen) atoms. The average Bonchev–Trinajstić information content (AvgIpc) is 3.51. The van der Waals surface area contributed by atoms with E-state index in [4.69, 9.17) is 33.3 Å². The van der Waals surface area contributed by atoms with Gasteiger partial charge in [0.2, 0.25) is 5.91 Å². The van der Waals surface area contributed by atoms with E-state index >= 15 is 0 Å². The van der Waals surface area contributed by atoms with Gasteiger partial charge in [-0.2, -0.15) is 0 Å². The number of aliphatic hydroxyl groups excluding tert-OH is 10. The summed E-state index contributed by atoms with van der Waals surface area (Å²) in [7, 11) is 0. The van der Waals surface area contributed by atoms with Crippen LogP contribution in [0, 0.1) is 0 Å². The molecule has 328 valence electrons. The van der Waals surface area contributed by atoms with Crippen molar-refractivity contribution in [2.45, 2.75) is 156 Å². The minimum atomic E-state index is -1.90. The van der Waals surface area contributed by atoms with E-state index in [1.165, 1.54) is 0 Å². The number of hydrogen-bond acceptors (Lipinski definition) is 21. The molecule has 4 saturated heterocycles. The molecule has 4 aliphatic rings. The number of unbranched alkanes of at least 4 members (excludes halogenated alkanes) is 5. The Labute approximate surface area is 326 Å². The van der Waals surface area contributed by atoms with Crippen molar-refractivity contribution < 1.29 is 104 Å². The average molecular weight is 829 g/mol. The summed E-state index contributed by atoms with van der Waals surface area (Å²) in [5.74, 6) is -2.01. The number of nitrogens with zero attached hydrogens (tertiary/aromatic N) is 1. The van der Waals surface area contributed by atoms with Crippen LogP contribution in [-0.4, -0.2) is 205 Å². The molecule has 3 amide bonds. The Morgan fingerprint density at radius 1 is 0.614 bits per heavy atom. The lowest BCUT2D eigenvalue weighted by molar-refractivity contribution is -0.366. The fourth-order valence-corrected chi connectivity index (χ4v) is 6.59. The molecule has 0 aliphatic carbocycles. The summed E-state index contributed by atoms with van der Waals surface area (Å²) in [6, 6.07) is 0. The van der Waals surface area contributed by atoms with E-state index in [2.05, 4.69) is 5.32 Å². The summed E-state index contributed by atoms with van der Waals surface area (Å²) in [6.07, 6.45) is -20.7. The highest BCUT2D eigenvalue weighted by Crippen LogP contribution is 2.31. The van der Waals surface area contributed by atoms with Gasteiger partial charge in [-0.05, 0) is 12.8 Å². The number of ether oxygens (including phenoxy) is 6. The van der Waals surface area contributed by atoms with Crippen molar-refractivity contribution in [3.05, 3.63) is 0 Å². The van der Waals surface area contributed by atoms with Gasteiger partial charge in [-0.3, -0.25) is 14.4 Å². The van der Waals surface area contributed by atoms with E-state index in [-0.39, 0.29) is 44.7 Å². The fourth-order valence-electron chi connectivity index (χ4n) is 6.59. The van der Waals surface area contributed by atoms with Crippen LogP contribution in [0.3, 0.4) is 0 Å². The SMILES string of the molecule is O=C(CCCCCCCCC(=O)ON1C(=O)CCC1=O)NCCO[C@@H]1O[C@H](COC2O[C@H](CO)[C@@H](O)[C@H](O)[C@@H]2O)[C@@H](O)[C@H](O[C@H]2O[C@H](CO)[C@@H](O)[C@H](O)[C@@H]2O)[C@@H]1O. The van der Waals surface area contributed by atoms with Crippen LogP contribution in [0.15, 0.2) is 0 Å². The molecule has 4 fully saturated rings. The highest BCUT2D eigenvalue weighted by molar-refractivity contribution is 6.01. The number of rotatable bonds is 21. The van der Waals surface area contributed by atoms with E-state index in [9.17, 15) is 70.2 Å². The predicted octanol–water partition coefficient (Wildman–Crippen LogP) is -5.70. The smallest absolute Gasteiger partial charge is 0.333 e. The molecular weight excluding hydrogens is 772 g/mol. The number of hydroxylamine groups is 2. The molecular formula is C34H56N2O21. The van der Waals surface area contributed by atoms with Gasteiger partial charge in [-0.1, -0.05) is 25.7 Å². The van der Waals surface area contributed by atoms with Crippen molar-refractivity contribution in [2.24, 2.45) is 0 Å². The van der Waals surface area contributed by atoms with Crippen LogP contribution in [-0.2, 0) is 52.4 Å². The van der Waals surface area contributed by atoms with Crippen LogP contribution >= 0.6 is 0 Å². The van der Waals surface area contributed by atoms with Crippen molar-refractivity contribution in [3.8, 4) is 0 Å². The number of imide groups is 1. The monoisotopic (exact) mass is 828 g/mol. The molecule has 23 nitrogen and oxygen atoms in total.